The molecule has 34 heavy (non-hydrogen) atoms. The van der Waals surface area contributed by atoms with Crippen LogP contribution in [-0.2, 0) is 6.54 Å². The number of aromatic amines is 1. The van der Waals surface area contributed by atoms with E-state index < -0.39 is 11.7 Å². The van der Waals surface area contributed by atoms with Gasteiger partial charge in [0, 0.05) is 56.6 Å². The van der Waals surface area contributed by atoms with Gasteiger partial charge in [-0.25, -0.2) is 9.37 Å². The molecule has 0 bridgehead atoms. The minimum absolute atomic E-state index is 0.00159. The minimum atomic E-state index is -0.606. The number of piperazine rings is 1. The number of fused-ring (bicyclic) bond motifs is 2. The zero-order valence-corrected chi connectivity index (χ0v) is 19.2. The van der Waals surface area contributed by atoms with Gasteiger partial charge in [0.15, 0.2) is 11.5 Å². The van der Waals surface area contributed by atoms with E-state index in [9.17, 15) is 14.0 Å². The van der Waals surface area contributed by atoms with E-state index in [1.165, 1.54) is 13.1 Å². The fourth-order valence-electron chi connectivity index (χ4n) is 5.49. The average Bonchev–Trinajstić information content (AvgIpc) is 3.76. The van der Waals surface area contributed by atoms with Gasteiger partial charge in [0.25, 0.3) is 11.5 Å². The van der Waals surface area contributed by atoms with E-state index in [0.717, 1.165) is 54.6 Å². The SMILES string of the molecule is CNC(=O)c1ncc(N2CCN(Cc3cnc4cc(C5CC5)c(=O)[nH]c4c3)C3C(C)C32)cc1F. The first-order valence-electron chi connectivity index (χ1n) is 11.8. The number of aromatic nitrogens is 3. The van der Waals surface area contributed by atoms with Crippen LogP contribution in [0.25, 0.3) is 11.0 Å². The number of hydrogen-bond donors (Lipinski definition) is 2. The van der Waals surface area contributed by atoms with Crippen molar-refractivity contribution in [2.75, 3.05) is 25.0 Å². The molecule has 3 unspecified atom stereocenters. The summed E-state index contributed by atoms with van der Waals surface area (Å²) in [5.41, 5.74) is 4.06. The van der Waals surface area contributed by atoms with E-state index in [1.54, 1.807) is 6.20 Å². The van der Waals surface area contributed by atoms with Gasteiger partial charge in [-0.3, -0.25) is 19.5 Å². The molecule has 8 nitrogen and oxygen atoms in total. The quantitative estimate of drug-likeness (QED) is 0.605. The number of anilines is 1. The topological polar surface area (TPSA) is 94.2 Å². The zero-order valence-electron chi connectivity index (χ0n) is 19.2. The highest BCUT2D eigenvalue weighted by atomic mass is 19.1. The molecule has 2 N–H and O–H groups in total. The molecule has 4 heterocycles. The Labute approximate surface area is 196 Å². The van der Waals surface area contributed by atoms with Crippen LogP contribution in [0.15, 0.2) is 35.4 Å². The third-order valence-electron chi connectivity index (χ3n) is 7.48. The second kappa shape index (κ2) is 7.87. The number of carbonyl (C=O) groups excluding carboxylic acids is 1. The summed E-state index contributed by atoms with van der Waals surface area (Å²) in [6.07, 6.45) is 5.66. The molecule has 0 spiro atoms. The molecule has 0 radical (unpaired) electrons. The Morgan fingerprint density at radius 3 is 2.74 bits per heavy atom. The van der Waals surface area contributed by atoms with Crippen LogP contribution in [0.2, 0.25) is 0 Å². The molecule has 0 aromatic carbocycles. The monoisotopic (exact) mass is 462 g/mol. The number of nitrogens with zero attached hydrogens (tertiary/aromatic N) is 4. The highest BCUT2D eigenvalue weighted by molar-refractivity contribution is 5.92. The van der Waals surface area contributed by atoms with Gasteiger partial charge in [0.2, 0.25) is 0 Å². The Morgan fingerprint density at radius 2 is 2.00 bits per heavy atom. The third-order valence-corrected chi connectivity index (χ3v) is 7.48. The maximum absolute atomic E-state index is 14.5. The number of H-pyrrole nitrogens is 1. The zero-order chi connectivity index (χ0) is 23.6. The number of carbonyl (C=O) groups is 1. The van der Waals surface area contributed by atoms with Crippen LogP contribution in [0, 0.1) is 11.7 Å². The maximum atomic E-state index is 14.5. The maximum Gasteiger partial charge on any atom is 0.272 e. The summed E-state index contributed by atoms with van der Waals surface area (Å²) in [7, 11) is 1.46. The highest BCUT2D eigenvalue weighted by Crippen LogP contribution is 2.45. The van der Waals surface area contributed by atoms with Crippen molar-refractivity contribution in [3.05, 3.63) is 63.6 Å². The second-order valence-electron chi connectivity index (χ2n) is 9.71. The number of nitrogens with one attached hydrogen (secondary N) is 2. The number of pyridine rings is 3. The Hall–Kier alpha value is -3.33. The fraction of sp³-hybridized carbons (Fsp3) is 0.440. The summed E-state index contributed by atoms with van der Waals surface area (Å²) in [5, 5.41) is 2.41. The van der Waals surface area contributed by atoms with Crippen LogP contribution in [0.4, 0.5) is 10.1 Å². The predicted octanol–water partition coefficient (Wildman–Crippen LogP) is 2.40. The summed E-state index contributed by atoms with van der Waals surface area (Å²) in [6.45, 7) is 4.52. The standard InChI is InChI=1S/C25H27FN6O2/c1-13-22-23(13)32(16-8-18(26)21(29-11-16)25(34)27-2)6-5-31(22)12-14-7-20-19(28-10-14)9-17(15-3-4-15)24(33)30-20/h7-11,13,15,22-23H,3-6,12H2,1-2H3,(H,27,34)(H,30,33). The normalized spacial score (nSPS) is 24.2. The van der Waals surface area contributed by atoms with Crippen molar-refractivity contribution < 1.29 is 9.18 Å². The van der Waals surface area contributed by atoms with E-state index in [2.05, 4.69) is 37.0 Å². The van der Waals surface area contributed by atoms with Crippen molar-refractivity contribution in [2.45, 2.75) is 44.3 Å². The van der Waals surface area contributed by atoms with E-state index in [-0.39, 0.29) is 17.3 Å². The van der Waals surface area contributed by atoms with Crippen molar-refractivity contribution in [1.29, 1.82) is 0 Å². The van der Waals surface area contributed by atoms with Crippen LogP contribution in [-0.4, -0.2) is 58.0 Å². The van der Waals surface area contributed by atoms with E-state index in [0.29, 0.717) is 23.6 Å². The summed E-state index contributed by atoms with van der Waals surface area (Å²) in [5.74, 6) is -0.313. The summed E-state index contributed by atoms with van der Waals surface area (Å²) < 4.78 is 14.5. The molecular weight excluding hydrogens is 435 g/mol. The lowest BCUT2D eigenvalue weighted by Gasteiger charge is -2.35. The lowest BCUT2D eigenvalue weighted by Crippen LogP contribution is -2.46. The summed E-state index contributed by atoms with van der Waals surface area (Å²) in [6, 6.07) is 6.01. The molecule has 2 aliphatic carbocycles. The van der Waals surface area contributed by atoms with Gasteiger partial charge in [-0.1, -0.05) is 6.92 Å². The summed E-state index contributed by atoms with van der Waals surface area (Å²) in [4.78, 5) is 40.5. The molecular formula is C25H27FN6O2. The number of halogens is 1. The van der Waals surface area contributed by atoms with Crippen LogP contribution in [0.1, 0.15) is 47.3 Å². The molecule has 176 valence electrons. The molecule has 3 aromatic heterocycles. The molecule has 3 fully saturated rings. The molecule has 3 aliphatic rings. The number of rotatable bonds is 5. The van der Waals surface area contributed by atoms with Crippen molar-refractivity contribution in [3.8, 4) is 0 Å². The molecule has 6 rings (SSSR count). The Bertz CT molecular complexity index is 1350. The Balaban J connectivity index is 1.19. The minimum Gasteiger partial charge on any atom is -0.364 e. The van der Waals surface area contributed by atoms with E-state index >= 15 is 0 Å². The average molecular weight is 463 g/mol. The van der Waals surface area contributed by atoms with Gasteiger partial charge in [0.05, 0.1) is 22.9 Å². The van der Waals surface area contributed by atoms with Gasteiger partial charge < -0.3 is 15.2 Å². The van der Waals surface area contributed by atoms with Crippen molar-refractivity contribution in [2.24, 2.45) is 5.92 Å². The first-order valence-corrected chi connectivity index (χ1v) is 11.8. The highest BCUT2D eigenvalue weighted by Gasteiger charge is 2.56. The Kier molecular flexibility index (Phi) is 4.91. The molecule has 3 atom stereocenters. The second-order valence-corrected chi connectivity index (χ2v) is 9.71. The molecule has 1 aliphatic heterocycles. The van der Waals surface area contributed by atoms with Crippen molar-refractivity contribution >= 4 is 22.6 Å². The van der Waals surface area contributed by atoms with Crippen LogP contribution in [0.3, 0.4) is 0 Å². The molecule has 1 amide bonds. The van der Waals surface area contributed by atoms with Gasteiger partial charge in [-0.2, -0.15) is 0 Å². The van der Waals surface area contributed by atoms with Gasteiger partial charge in [0.1, 0.15) is 0 Å². The third kappa shape index (κ3) is 3.55. The summed E-state index contributed by atoms with van der Waals surface area (Å²) >= 11 is 0. The largest absolute Gasteiger partial charge is 0.364 e. The van der Waals surface area contributed by atoms with Crippen LogP contribution < -0.4 is 15.8 Å². The first-order chi connectivity index (χ1) is 16.4. The van der Waals surface area contributed by atoms with Crippen molar-refractivity contribution in [1.82, 2.24) is 25.2 Å². The molecule has 9 heteroatoms. The molecule has 3 aromatic rings. The smallest absolute Gasteiger partial charge is 0.272 e. The number of amides is 1. The van der Waals surface area contributed by atoms with Gasteiger partial charge in [-0.15, -0.1) is 0 Å². The van der Waals surface area contributed by atoms with E-state index in [1.807, 2.05) is 18.3 Å². The lowest BCUT2D eigenvalue weighted by molar-refractivity contribution is 0.0953. The van der Waals surface area contributed by atoms with Crippen LogP contribution >= 0.6 is 0 Å². The van der Waals surface area contributed by atoms with Gasteiger partial charge >= 0.3 is 0 Å². The molecule has 2 saturated carbocycles. The predicted molar refractivity (Wildman–Crippen MR) is 126 cm³/mol. The van der Waals surface area contributed by atoms with Gasteiger partial charge in [-0.05, 0) is 42.4 Å². The van der Waals surface area contributed by atoms with Crippen molar-refractivity contribution in [3.63, 3.8) is 0 Å². The lowest BCUT2D eigenvalue weighted by atomic mass is 10.1. The first kappa shape index (κ1) is 21.2. The Morgan fingerprint density at radius 1 is 1.18 bits per heavy atom. The van der Waals surface area contributed by atoms with Crippen LogP contribution in [0.5, 0.6) is 0 Å². The molecule has 1 saturated heterocycles. The fourth-order valence-corrected chi connectivity index (χ4v) is 5.49. The number of hydrogen-bond acceptors (Lipinski definition) is 6. The van der Waals surface area contributed by atoms with E-state index in [4.69, 9.17) is 0 Å².